The average molecular weight is 1120 g/mol. The van der Waals surface area contributed by atoms with Gasteiger partial charge in [-0.3, -0.25) is 0 Å². The Balaban J connectivity index is 1.17. The first-order chi connectivity index (χ1) is 39.6. The van der Waals surface area contributed by atoms with E-state index in [1.54, 1.807) is 0 Å². The van der Waals surface area contributed by atoms with E-state index >= 15 is 0 Å². The van der Waals surface area contributed by atoms with Crippen LogP contribution >= 0.6 is 0 Å². The summed E-state index contributed by atoms with van der Waals surface area (Å²) < 4.78 is 0. The van der Waals surface area contributed by atoms with Crippen molar-refractivity contribution in [3.05, 3.63) is 201 Å². The van der Waals surface area contributed by atoms with E-state index in [4.69, 9.17) is 0 Å². The highest BCUT2D eigenvalue weighted by atomic mass is 15.2. The second-order valence-corrected chi connectivity index (χ2v) is 33.0. The molecule has 0 radical (unpaired) electrons. The van der Waals surface area contributed by atoms with Crippen LogP contribution in [0, 0.1) is 13.8 Å². The Morgan fingerprint density at radius 2 is 0.894 bits per heavy atom. The molecule has 0 bridgehead atoms. The second kappa shape index (κ2) is 18.6. The molecule has 3 aliphatic carbocycles. The van der Waals surface area contributed by atoms with Crippen molar-refractivity contribution < 1.29 is 0 Å². The second-order valence-electron chi connectivity index (χ2n) is 33.0. The zero-order valence-corrected chi connectivity index (χ0v) is 55.5. The van der Waals surface area contributed by atoms with E-state index in [0.717, 1.165) is 24.9 Å². The van der Waals surface area contributed by atoms with Crippen molar-refractivity contribution in [1.82, 2.24) is 0 Å². The molecular weight excluding hydrogens is 1030 g/mol. The van der Waals surface area contributed by atoms with Gasteiger partial charge in [0.25, 0.3) is 6.71 Å². The molecule has 8 aromatic carbocycles. The predicted molar refractivity (Wildman–Crippen MR) is 369 cm³/mol. The minimum atomic E-state index is -0.275. The Morgan fingerprint density at radius 3 is 1.46 bits per heavy atom. The summed E-state index contributed by atoms with van der Waals surface area (Å²) in [4.78, 5) is 8.09. The third-order valence-corrected chi connectivity index (χ3v) is 21.6. The summed E-state index contributed by atoms with van der Waals surface area (Å²) in [6.45, 7) is 50.7. The van der Waals surface area contributed by atoms with Crippen LogP contribution in [0.1, 0.15) is 218 Å². The molecule has 85 heavy (non-hydrogen) atoms. The first-order valence-corrected chi connectivity index (χ1v) is 32.1. The van der Waals surface area contributed by atoms with Gasteiger partial charge in [-0.05, 0) is 227 Å². The SMILES string of the molecule is Cc1cc(C(C)(C)C)ccc1N(c1ccc2c(c1)N(c1cccc3c1C(C)(C)c1ccccc1-3)c1cc(C(C)(C)C)cc3c1B2c1cc2c(cc1N3c1ccc3c(c1)C(C)(C)CCC3(C)C)C(C)(C)CCC2(C)C)c1ccc(C(C)(C)C)cc1C. The number of hydrogen-bond acceptors (Lipinski definition) is 3. The van der Waals surface area contributed by atoms with Gasteiger partial charge >= 0.3 is 0 Å². The highest BCUT2D eigenvalue weighted by Gasteiger charge is 2.49. The van der Waals surface area contributed by atoms with Crippen molar-refractivity contribution in [3.8, 4) is 11.1 Å². The fourth-order valence-electron chi connectivity index (χ4n) is 16.0. The Bertz CT molecular complexity index is 4040. The minimum absolute atomic E-state index is 0.00517. The van der Waals surface area contributed by atoms with Crippen molar-refractivity contribution in [2.45, 2.75) is 214 Å². The molecule has 0 saturated carbocycles. The third-order valence-electron chi connectivity index (χ3n) is 21.6. The largest absolute Gasteiger partial charge is 0.311 e. The lowest BCUT2D eigenvalue weighted by Crippen LogP contribution is -2.62. The van der Waals surface area contributed by atoms with Crippen molar-refractivity contribution in [1.29, 1.82) is 0 Å². The Labute approximate surface area is 512 Å². The maximum Gasteiger partial charge on any atom is 0.252 e. The van der Waals surface area contributed by atoms with Crippen LogP contribution in [0.15, 0.2) is 140 Å². The lowest BCUT2D eigenvalue weighted by Gasteiger charge is -2.48. The van der Waals surface area contributed by atoms with E-state index in [0.29, 0.717) is 0 Å². The number of anilines is 9. The standard InChI is InChI=1S/C81H94BN3/c1-49-41-51(74(3,4)5)29-35-65(49)83(66-36-30-52(42-50(66)2)75(6,7)8)55-32-34-63-68(46-55)85(67-28-24-26-57-56-25-22-23-27-58(56)81(20,21)72(57)67)71-44-53(76(9,10)11)43-70-73(71)82(63)64-47-61-62(80(18,19)40-39-79(61,16)17)48-69(64)84(70)54-31-33-59-60(45-54)78(14,15)38-37-77(59,12)13/h22-36,41-48H,37-40H2,1-21H3. The predicted octanol–water partition coefficient (Wildman–Crippen LogP) is 20.8. The smallest absolute Gasteiger partial charge is 0.252 e. The van der Waals surface area contributed by atoms with Gasteiger partial charge in [0.2, 0.25) is 0 Å². The van der Waals surface area contributed by atoms with Gasteiger partial charge < -0.3 is 14.7 Å². The molecule has 2 heterocycles. The molecule has 5 aliphatic rings. The van der Waals surface area contributed by atoms with Crippen LogP contribution in [0.2, 0.25) is 0 Å². The van der Waals surface area contributed by atoms with Crippen LogP contribution in [0.5, 0.6) is 0 Å². The van der Waals surface area contributed by atoms with Crippen molar-refractivity contribution in [2.24, 2.45) is 0 Å². The molecule has 4 heteroatoms. The fourth-order valence-corrected chi connectivity index (χ4v) is 16.0. The summed E-state index contributed by atoms with van der Waals surface area (Å²) in [6.07, 6.45) is 4.66. The van der Waals surface area contributed by atoms with Gasteiger partial charge in [0, 0.05) is 50.9 Å². The highest BCUT2D eigenvalue weighted by Crippen LogP contribution is 2.58. The molecule has 0 atom stereocenters. The maximum atomic E-state index is 2.76. The van der Waals surface area contributed by atoms with Crippen molar-refractivity contribution in [2.75, 3.05) is 14.7 Å². The number of nitrogens with zero attached hydrogens (tertiary/aromatic N) is 3. The van der Waals surface area contributed by atoms with Gasteiger partial charge in [-0.2, -0.15) is 0 Å². The quantitative estimate of drug-likeness (QED) is 0.159. The summed E-state index contributed by atoms with van der Waals surface area (Å²) in [5.41, 5.74) is 33.0. The van der Waals surface area contributed by atoms with E-state index in [-0.39, 0.29) is 50.0 Å². The molecule has 0 unspecified atom stereocenters. The number of hydrogen-bond donors (Lipinski definition) is 0. The fraction of sp³-hybridized carbons (Fsp3) is 0.407. The molecule has 0 aromatic heterocycles. The zero-order chi connectivity index (χ0) is 60.8. The molecule has 0 N–H and O–H groups in total. The summed E-state index contributed by atoms with van der Waals surface area (Å²) >= 11 is 0. The van der Waals surface area contributed by atoms with Crippen LogP contribution in [-0.4, -0.2) is 6.71 Å². The van der Waals surface area contributed by atoms with Crippen LogP contribution in [0.3, 0.4) is 0 Å². The molecule has 8 aromatic rings. The Morgan fingerprint density at radius 1 is 0.388 bits per heavy atom. The highest BCUT2D eigenvalue weighted by molar-refractivity contribution is 7.00. The molecule has 13 rings (SSSR count). The van der Waals surface area contributed by atoms with Crippen LogP contribution in [0.25, 0.3) is 11.1 Å². The van der Waals surface area contributed by atoms with Crippen molar-refractivity contribution >= 4 is 74.3 Å². The number of aryl methyl sites for hydroxylation is 2. The third kappa shape index (κ3) is 8.85. The first kappa shape index (κ1) is 57.3. The monoisotopic (exact) mass is 1120 g/mol. The molecule has 0 saturated heterocycles. The zero-order valence-electron chi connectivity index (χ0n) is 55.5. The van der Waals surface area contributed by atoms with Crippen LogP contribution in [-0.2, 0) is 43.3 Å². The molecule has 0 amide bonds. The van der Waals surface area contributed by atoms with Gasteiger partial charge in [0.1, 0.15) is 0 Å². The van der Waals surface area contributed by atoms with E-state index < -0.39 is 0 Å². The van der Waals surface area contributed by atoms with Crippen molar-refractivity contribution in [3.63, 3.8) is 0 Å². The van der Waals surface area contributed by atoms with Crippen LogP contribution in [0.4, 0.5) is 51.2 Å². The number of fused-ring (bicyclic) bond motifs is 9. The van der Waals surface area contributed by atoms with Gasteiger partial charge in [-0.1, -0.05) is 210 Å². The summed E-state index contributed by atoms with van der Waals surface area (Å²) in [6, 6.07) is 56.6. The topological polar surface area (TPSA) is 9.72 Å². The minimum Gasteiger partial charge on any atom is -0.311 e. The number of benzene rings is 8. The molecule has 0 fully saturated rings. The normalized spacial score (nSPS) is 18.2. The van der Waals surface area contributed by atoms with E-state index in [9.17, 15) is 0 Å². The summed E-state index contributed by atoms with van der Waals surface area (Å²) in [5, 5.41) is 0. The molecular formula is C81H94BN3. The summed E-state index contributed by atoms with van der Waals surface area (Å²) in [5.74, 6) is 0. The molecule has 3 nitrogen and oxygen atoms in total. The van der Waals surface area contributed by atoms with Gasteiger partial charge in [0.15, 0.2) is 0 Å². The van der Waals surface area contributed by atoms with Gasteiger partial charge in [0.05, 0.1) is 5.69 Å². The van der Waals surface area contributed by atoms with Crippen LogP contribution < -0.4 is 31.1 Å². The molecule has 436 valence electrons. The first-order valence-electron chi connectivity index (χ1n) is 32.1. The lowest BCUT2D eigenvalue weighted by molar-refractivity contribution is 0.332. The number of rotatable bonds is 5. The Kier molecular flexibility index (Phi) is 12.6. The summed E-state index contributed by atoms with van der Waals surface area (Å²) in [7, 11) is 0. The Hall–Kier alpha value is -6.78. The van der Waals surface area contributed by atoms with E-state index in [1.807, 2.05) is 0 Å². The van der Waals surface area contributed by atoms with E-state index in [2.05, 4.69) is 300 Å². The molecule has 2 aliphatic heterocycles. The lowest BCUT2D eigenvalue weighted by atomic mass is 9.33. The maximum absolute atomic E-state index is 2.76. The van der Waals surface area contributed by atoms with E-state index in [1.165, 1.54) is 141 Å². The average Bonchev–Trinajstić information content (AvgIpc) is 2.15. The molecule has 0 spiro atoms. The van der Waals surface area contributed by atoms with Gasteiger partial charge in [-0.15, -0.1) is 0 Å². The van der Waals surface area contributed by atoms with Gasteiger partial charge in [-0.25, -0.2) is 0 Å².